The Balaban J connectivity index is 1.23. The van der Waals surface area contributed by atoms with Gasteiger partial charge in [-0.2, -0.15) is 5.26 Å². The van der Waals surface area contributed by atoms with Gasteiger partial charge in [0.25, 0.3) is 0 Å². The second-order valence-corrected chi connectivity index (χ2v) is 10.8. The zero-order valence-corrected chi connectivity index (χ0v) is 22.6. The standard InChI is InChI=1S/C36H32N4/c37-25-32-31(14-9-23-38-32)27-21-19-26(20-22-27)28-10-8-13-30(24-28)40-35-17-6-4-15-33(35)39(29-11-2-1-3-12-29)34-16-5-7-18-36(34)40/h1-5,9-12,14-16,19,21-24,26H,6-8,13,17-18,20H2. The Morgan fingerprint density at radius 1 is 0.800 bits per heavy atom. The number of hydrogen-bond donors (Lipinski definition) is 0. The lowest BCUT2D eigenvalue weighted by atomic mass is 9.84. The summed E-state index contributed by atoms with van der Waals surface area (Å²) in [4.78, 5) is 9.35. The van der Waals surface area contributed by atoms with Crippen LogP contribution in [-0.2, 0) is 0 Å². The first-order valence-corrected chi connectivity index (χ1v) is 14.4. The van der Waals surface area contributed by atoms with E-state index >= 15 is 0 Å². The fraction of sp³-hybridized carbons (Fsp3) is 0.222. The van der Waals surface area contributed by atoms with Crippen LogP contribution in [0.15, 0.2) is 137 Å². The molecule has 0 bridgehead atoms. The van der Waals surface area contributed by atoms with Gasteiger partial charge in [-0.05, 0) is 98.6 Å². The van der Waals surface area contributed by atoms with Crippen LogP contribution in [0.25, 0.3) is 5.57 Å². The highest BCUT2D eigenvalue weighted by molar-refractivity contribution is 5.77. The van der Waals surface area contributed by atoms with Gasteiger partial charge in [-0.3, -0.25) is 0 Å². The quantitative estimate of drug-likeness (QED) is 0.406. The van der Waals surface area contributed by atoms with Gasteiger partial charge in [-0.1, -0.05) is 54.7 Å². The van der Waals surface area contributed by atoms with E-state index in [1.165, 1.54) is 39.7 Å². The Kier molecular flexibility index (Phi) is 6.42. The molecule has 0 radical (unpaired) electrons. The fourth-order valence-corrected chi connectivity index (χ4v) is 6.57. The predicted octanol–water partition coefficient (Wildman–Crippen LogP) is 8.46. The van der Waals surface area contributed by atoms with Crippen LogP contribution in [0.1, 0.15) is 56.2 Å². The maximum Gasteiger partial charge on any atom is 0.148 e. The third-order valence-corrected chi connectivity index (χ3v) is 8.43. The molecule has 4 nitrogen and oxygen atoms in total. The molecular formula is C36H32N4. The zero-order valence-electron chi connectivity index (χ0n) is 22.6. The van der Waals surface area contributed by atoms with Crippen molar-refractivity contribution in [1.82, 2.24) is 9.88 Å². The molecule has 1 unspecified atom stereocenters. The zero-order chi connectivity index (χ0) is 26.9. The maximum absolute atomic E-state index is 9.50. The van der Waals surface area contributed by atoms with Crippen molar-refractivity contribution in [2.24, 2.45) is 5.92 Å². The minimum atomic E-state index is 0.339. The van der Waals surface area contributed by atoms with E-state index in [1.54, 1.807) is 6.20 Å². The predicted molar refractivity (Wildman–Crippen MR) is 161 cm³/mol. The van der Waals surface area contributed by atoms with Gasteiger partial charge in [0, 0.05) is 40.5 Å². The van der Waals surface area contributed by atoms with Gasteiger partial charge < -0.3 is 9.80 Å². The van der Waals surface area contributed by atoms with Crippen LogP contribution in [0.2, 0.25) is 0 Å². The number of anilines is 1. The van der Waals surface area contributed by atoms with Crippen LogP contribution in [0.5, 0.6) is 0 Å². The van der Waals surface area contributed by atoms with Gasteiger partial charge in [0.15, 0.2) is 0 Å². The highest BCUT2D eigenvalue weighted by Crippen LogP contribution is 2.46. The first-order chi connectivity index (χ1) is 19.8. The minimum absolute atomic E-state index is 0.339. The van der Waals surface area contributed by atoms with Crippen LogP contribution in [0.4, 0.5) is 5.69 Å². The molecular weight excluding hydrogens is 488 g/mol. The molecule has 0 amide bonds. The van der Waals surface area contributed by atoms with E-state index in [2.05, 4.69) is 106 Å². The number of para-hydroxylation sites is 1. The summed E-state index contributed by atoms with van der Waals surface area (Å²) in [5.74, 6) is 0.339. The smallest absolute Gasteiger partial charge is 0.148 e. The average molecular weight is 521 g/mol. The molecule has 2 heterocycles. The summed E-state index contributed by atoms with van der Waals surface area (Å²) < 4.78 is 0. The normalized spacial score (nSPS) is 21.9. The Morgan fingerprint density at radius 2 is 1.57 bits per heavy atom. The number of nitrogens with zero attached hydrogens (tertiary/aromatic N) is 4. The summed E-state index contributed by atoms with van der Waals surface area (Å²) in [5.41, 5.74) is 12.0. The van der Waals surface area contributed by atoms with E-state index < -0.39 is 0 Å². The van der Waals surface area contributed by atoms with E-state index in [4.69, 9.17) is 0 Å². The van der Waals surface area contributed by atoms with Gasteiger partial charge in [0.1, 0.15) is 11.8 Å². The van der Waals surface area contributed by atoms with Gasteiger partial charge >= 0.3 is 0 Å². The summed E-state index contributed by atoms with van der Waals surface area (Å²) in [5, 5.41) is 9.50. The van der Waals surface area contributed by atoms with E-state index in [-0.39, 0.29) is 0 Å². The average Bonchev–Trinajstić information content (AvgIpc) is 3.04. The van der Waals surface area contributed by atoms with Crippen molar-refractivity contribution in [1.29, 1.82) is 5.26 Å². The number of allylic oxidation sites excluding steroid dienone is 14. The number of aromatic nitrogens is 1. The van der Waals surface area contributed by atoms with Crippen molar-refractivity contribution >= 4 is 11.3 Å². The van der Waals surface area contributed by atoms with Crippen molar-refractivity contribution in [2.75, 3.05) is 4.90 Å². The Bertz CT molecular complexity index is 1590. The highest BCUT2D eigenvalue weighted by Gasteiger charge is 2.35. The molecule has 0 N–H and O–H groups in total. The van der Waals surface area contributed by atoms with Crippen LogP contribution >= 0.6 is 0 Å². The molecule has 1 atom stereocenters. The van der Waals surface area contributed by atoms with Crippen LogP contribution in [0.3, 0.4) is 0 Å². The monoisotopic (exact) mass is 520 g/mol. The SMILES string of the molecule is N#Cc1ncccc1C1=CCC(C2=CCCC(N3C4=C(C=CCC4)N(c4ccccc4)C4=C3CCC=C4)=C2)C=C1. The van der Waals surface area contributed by atoms with E-state index in [0.29, 0.717) is 11.6 Å². The second kappa shape index (κ2) is 10.5. The molecule has 1 aromatic heterocycles. The lowest BCUT2D eigenvalue weighted by Crippen LogP contribution is -2.38. The van der Waals surface area contributed by atoms with Crippen molar-refractivity contribution in [2.45, 2.75) is 44.9 Å². The Morgan fingerprint density at radius 3 is 2.27 bits per heavy atom. The van der Waals surface area contributed by atoms with Crippen LogP contribution in [-0.4, -0.2) is 9.88 Å². The molecule has 4 heteroatoms. The largest absolute Gasteiger partial charge is 0.317 e. The molecule has 5 aliphatic rings. The third kappa shape index (κ3) is 4.28. The van der Waals surface area contributed by atoms with Crippen molar-refractivity contribution in [3.63, 3.8) is 0 Å². The first-order valence-electron chi connectivity index (χ1n) is 14.4. The summed E-state index contributed by atoms with van der Waals surface area (Å²) in [7, 11) is 0. The second-order valence-electron chi connectivity index (χ2n) is 10.8. The van der Waals surface area contributed by atoms with Crippen molar-refractivity contribution in [3.05, 3.63) is 149 Å². The molecule has 0 spiro atoms. The molecule has 0 saturated carbocycles. The number of pyridine rings is 1. The molecule has 0 fully saturated rings. The van der Waals surface area contributed by atoms with Gasteiger partial charge in [-0.25, -0.2) is 4.98 Å². The lowest BCUT2D eigenvalue weighted by molar-refractivity contribution is 0.433. The minimum Gasteiger partial charge on any atom is -0.317 e. The van der Waals surface area contributed by atoms with E-state index in [0.717, 1.165) is 56.1 Å². The molecule has 7 rings (SSSR count). The molecule has 4 aliphatic carbocycles. The fourth-order valence-electron chi connectivity index (χ4n) is 6.57. The van der Waals surface area contributed by atoms with Crippen LogP contribution < -0.4 is 4.90 Å². The molecule has 2 aromatic rings. The molecule has 40 heavy (non-hydrogen) atoms. The number of hydrogen-bond acceptors (Lipinski definition) is 4. The van der Waals surface area contributed by atoms with Crippen molar-refractivity contribution < 1.29 is 0 Å². The van der Waals surface area contributed by atoms with Gasteiger partial charge in [0.2, 0.25) is 0 Å². The van der Waals surface area contributed by atoms with E-state index in [1.807, 2.05) is 12.1 Å². The first kappa shape index (κ1) is 24.4. The number of nitriles is 1. The molecule has 0 saturated heterocycles. The Labute approximate surface area is 236 Å². The number of benzene rings is 1. The van der Waals surface area contributed by atoms with E-state index in [9.17, 15) is 5.26 Å². The third-order valence-electron chi connectivity index (χ3n) is 8.43. The Hall–Kier alpha value is -4.62. The summed E-state index contributed by atoms with van der Waals surface area (Å²) in [6.07, 6.45) is 29.9. The summed E-state index contributed by atoms with van der Waals surface area (Å²) >= 11 is 0. The topological polar surface area (TPSA) is 43.2 Å². The molecule has 196 valence electrons. The van der Waals surface area contributed by atoms with Crippen LogP contribution in [0, 0.1) is 17.2 Å². The van der Waals surface area contributed by atoms with Crippen molar-refractivity contribution in [3.8, 4) is 6.07 Å². The lowest BCUT2D eigenvalue weighted by Gasteiger charge is -2.45. The molecule has 1 aromatic carbocycles. The maximum atomic E-state index is 9.50. The number of rotatable bonds is 4. The summed E-state index contributed by atoms with van der Waals surface area (Å²) in [6.45, 7) is 0. The van der Waals surface area contributed by atoms with Gasteiger partial charge in [-0.15, -0.1) is 0 Å². The summed E-state index contributed by atoms with van der Waals surface area (Å²) in [6, 6.07) is 16.9. The molecule has 1 aliphatic heterocycles. The van der Waals surface area contributed by atoms with Gasteiger partial charge in [0.05, 0.1) is 11.4 Å². The highest BCUT2D eigenvalue weighted by atomic mass is 15.3.